The molecule has 8 nitrogen and oxygen atoms in total. The van der Waals surface area contributed by atoms with E-state index in [1.54, 1.807) is 14.2 Å². The third kappa shape index (κ3) is 7.01. The minimum atomic E-state index is -0.436. The summed E-state index contributed by atoms with van der Waals surface area (Å²) in [5.41, 5.74) is 0.837. The summed E-state index contributed by atoms with van der Waals surface area (Å²) in [6, 6.07) is 5.58. The first kappa shape index (κ1) is 22.0. The van der Waals surface area contributed by atoms with Crippen molar-refractivity contribution >= 4 is 11.9 Å². The summed E-state index contributed by atoms with van der Waals surface area (Å²) >= 11 is 0. The lowest BCUT2D eigenvalue weighted by molar-refractivity contribution is -1.02. The highest BCUT2D eigenvalue weighted by Gasteiger charge is 2.26. The second kappa shape index (κ2) is 9.75. The zero-order chi connectivity index (χ0) is 20.7. The molecular formula is C20H34N4O4+2. The van der Waals surface area contributed by atoms with Gasteiger partial charge in [-0.2, -0.15) is 0 Å². The van der Waals surface area contributed by atoms with Crippen LogP contribution < -0.4 is 29.9 Å². The van der Waals surface area contributed by atoms with E-state index < -0.39 is 6.03 Å². The van der Waals surface area contributed by atoms with Gasteiger partial charge in [0.25, 0.3) is 5.91 Å². The summed E-state index contributed by atoms with van der Waals surface area (Å²) in [5.74, 6) is 1.24. The molecule has 8 heteroatoms. The van der Waals surface area contributed by atoms with Gasteiger partial charge in [0.2, 0.25) is 0 Å². The molecule has 1 aliphatic rings. The van der Waals surface area contributed by atoms with Gasteiger partial charge in [0.1, 0.15) is 32.7 Å². The number of nitrogens with one attached hydrogen (secondary N) is 4. The van der Waals surface area contributed by atoms with Crippen molar-refractivity contribution in [2.24, 2.45) is 0 Å². The highest BCUT2D eigenvalue weighted by molar-refractivity contribution is 5.94. The van der Waals surface area contributed by atoms with E-state index in [2.05, 4.69) is 16.7 Å². The molecule has 0 bridgehead atoms. The van der Waals surface area contributed by atoms with E-state index in [-0.39, 0.29) is 11.4 Å². The van der Waals surface area contributed by atoms with Crippen LogP contribution in [0.25, 0.3) is 0 Å². The van der Waals surface area contributed by atoms with Gasteiger partial charge in [-0.15, -0.1) is 0 Å². The van der Waals surface area contributed by atoms with E-state index in [1.165, 1.54) is 15.4 Å². The molecule has 1 aromatic rings. The lowest BCUT2D eigenvalue weighted by Gasteiger charge is -2.29. The van der Waals surface area contributed by atoms with Gasteiger partial charge < -0.3 is 24.6 Å². The number of benzene rings is 1. The minimum absolute atomic E-state index is 0.236. The van der Waals surface area contributed by atoms with Crippen LogP contribution in [-0.2, 0) is 11.3 Å². The van der Waals surface area contributed by atoms with Gasteiger partial charge in [-0.3, -0.25) is 10.1 Å². The summed E-state index contributed by atoms with van der Waals surface area (Å²) in [6.45, 7) is 10.6. The Hall–Kier alpha value is -2.32. The monoisotopic (exact) mass is 394 g/mol. The Bertz CT molecular complexity index is 679. The largest absolute Gasteiger partial charge is 0.493 e. The maximum atomic E-state index is 12.1. The first-order valence-electron chi connectivity index (χ1n) is 9.70. The van der Waals surface area contributed by atoms with E-state index >= 15 is 0 Å². The number of carbonyl (C=O) groups excluding carboxylic acids is 2. The molecular weight excluding hydrogens is 360 g/mol. The predicted octanol–water partition coefficient (Wildman–Crippen LogP) is -1.39. The van der Waals surface area contributed by atoms with Crippen LogP contribution in [0.2, 0.25) is 0 Å². The quantitative estimate of drug-likeness (QED) is 0.479. The average Bonchev–Trinajstić information content (AvgIpc) is 2.61. The lowest BCUT2D eigenvalue weighted by Crippen LogP contribution is -3.28. The Morgan fingerprint density at radius 2 is 1.61 bits per heavy atom. The molecule has 3 amide bonds. The van der Waals surface area contributed by atoms with E-state index in [0.717, 1.165) is 44.2 Å². The SMILES string of the molecule is COc1ccc(C[NH+]2CC[NH+](CC(=O)NC(=O)NC(C)(C)C)CC2)cc1OC. The van der Waals surface area contributed by atoms with E-state index in [4.69, 9.17) is 9.47 Å². The Morgan fingerprint density at radius 1 is 1.00 bits per heavy atom. The highest BCUT2D eigenvalue weighted by Crippen LogP contribution is 2.27. The Morgan fingerprint density at radius 3 is 2.18 bits per heavy atom. The van der Waals surface area contributed by atoms with Gasteiger partial charge >= 0.3 is 6.03 Å². The third-order valence-corrected chi connectivity index (χ3v) is 4.72. The van der Waals surface area contributed by atoms with Crippen LogP contribution in [0.5, 0.6) is 11.5 Å². The maximum absolute atomic E-state index is 12.1. The molecule has 0 saturated carbocycles. The van der Waals surface area contributed by atoms with Crippen LogP contribution >= 0.6 is 0 Å². The summed E-state index contributed by atoms with van der Waals surface area (Å²) in [7, 11) is 3.27. The van der Waals surface area contributed by atoms with Crippen molar-refractivity contribution in [3.8, 4) is 11.5 Å². The fourth-order valence-electron chi connectivity index (χ4n) is 3.36. The number of ether oxygens (including phenoxy) is 2. The fourth-order valence-corrected chi connectivity index (χ4v) is 3.36. The molecule has 0 unspecified atom stereocenters. The number of methoxy groups -OCH3 is 2. The number of urea groups is 1. The van der Waals surface area contributed by atoms with E-state index in [0.29, 0.717) is 6.54 Å². The summed E-state index contributed by atoms with van der Waals surface area (Å²) in [5, 5.41) is 5.15. The first-order valence-corrected chi connectivity index (χ1v) is 9.70. The number of amides is 3. The molecule has 28 heavy (non-hydrogen) atoms. The molecule has 2 rings (SSSR count). The van der Waals surface area contributed by atoms with Crippen molar-refractivity contribution in [2.45, 2.75) is 32.9 Å². The highest BCUT2D eigenvalue weighted by atomic mass is 16.5. The molecule has 0 aromatic heterocycles. The number of carbonyl (C=O) groups is 2. The topological polar surface area (TPSA) is 85.5 Å². The van der Waals surface area contributed by atoms with Gasteiger partial charge in [-0.25, -0.2) is 4.79 Å². The van der Waals surface area contributed by atoms with Crippen molar-refractivity contribution in [1.29, 1.82) is 0 Å². The van der Waals surface area contributed by atoms with Gasteiger partial charge in [0, 0.05) is 11.1 Å². The smallest absolute Gasteiger partial charge is 0.322 e. The molecule has 0 spiro atoms. The number of quaternary nitrogens is 2. The second-order valence-electron chi connectivity index (χ2n) is 8.30. The normalized spacial score (nSPS) is 19.6. The average molecular weight is 395 g/mol. The van der Waals surface area contributed by atoms with Crippen molar-refractivity contribution in [3.63, 3.8) is 0 Å². The molecule has 0 radical (unpaired) electrons. The Balaban J connectivity index is 1.77. The second-order valence-corrected chi connectivity index (χ2v) is 8.30. The minimum Gasteiger partial charge on any atom is -0.493 e. The number of hydrogen-bond acceptors (Lipinski definition) is 4. The first-order chi connectivity index (χ1) is 13.2. The molecule has 1 heterocycles. The number of imide groups is 1. The molecule has 156 valence electrons. The molecule has 0 atom stereocenters. The molecule has 0 aliphatic carbocycles. The van der Waals surface area contributed by atoms with Crippen LogP contribution in [-0.4, -0.2) is 64.4 Å². The lowest BCUT2D eigenvalue weighted by atomic mass is 10.1. The van der Waals surface area contributed by atoms with Crippen molar-refractivity contribution in [2.75, 3.05) is 46.9 Å². The summed E-state index contributed by atoms with van der Waals surface area (Å²) in [4.78, 5) is 26.6. The van der Waals surface area contributed by atoms with E-state index in [1.807, 2.05) is 32.9 Å². The van der Waals surface area contributed by atoms with Crippen LogP contribution in [0.1, 0.15) is 26.3 Å². The Labute approximate surface area is 167 Å². The Kier molecular flexibility index (Phi) is 7.65. The van der Waals surface area contributed by atoms with Gasteiger partial charge in [0.15, 0.2) is 18.0 Å². The van der Waals surface area contributed by atoms with Gasteiger partial charge in [-0.1, -0.05) is 0 Å². The van der Waals surface area contributed by atoms with Crippen molar-refractivity contribution < 1.29 is 28.9 Å². The third-order valence-electron chi connectivity index (χ3n) is 4.72. The molecule has 1 fully saturated rings. The van der Waals surface area contributed by atoms with Crippen LogP contribution in [0.4, 0.5) is 4.79 Å². The van der Waals surface area contributed by atoms with Crippen LogP contribution in [0.15, 0.2) is 18.2 Å². The van der Waals surface area contributed by atoms with Crippen LogP contribution in [0, 0.1) is 0 Å². The molecule has 1 saturated heterocycles. The number of piperazine rings is 1. The zero-order valence-electron chi connectivity index (χ0n) is 17.6. The molecule has 1 aliphatic heterocycles. The van der Waals surface area contributed by atoms with E-state index in [9.17, 15) is 9.59 Å². The van der Waals surface area contributed by atoms with Crippen molar-refractivity contribution in [3.05, 3.63) is 23.8 Å². The predicted molar refractivity (Wildman–Crippen MR) is 106 cm³/mol. The maximum Gasteiger partial charge on any atom is 0.322 e. The van der Waals surface area contributed by atoms with Gasteiger partial charge in [-0.05, 0) is 39.0 Å². The molecule has 1 aromatic carbocycles. The molecule has 4 N–H and O–H groups in total. The number of hydrogen-bond donors (Lipinski definition) is 4. The zero-order valence-corrected chi connectivity index (χ0v) is 17.6. The van der Waals surface area contributed by atoms with Crippen LogP contribution in [0.3, 0.4) is 0 Å². The fraction of sp³-hybridized carbons (Fsp3) is 0.600. The summed E-state index contributed by atoms with van der Waals surface area (Å²) < 4.78 is 10.7. The standard InChI is InChI=1S/C20H32N4O4/c1-20(2,3)22-19(26)21-18(25)14-24-10-8-23(9-11-24)13-15-6-7-16(27-4)17(12-15)28-5/h6-7,12H,8-11,13-14H2,1-5H3,(H2,21,22,25,26)/p+2. The summed E-state index contributed by atoms with van der Waals surface area (Å²) in [6.07, 6.45) is 0. The van der Waals surface area contributed by atoms with Gasteiger partial charge in [0.05, 0.1) is 14.2 Å². The number of rotatable bonds is 6. The van der Waals surface area contributed by atoms with Crippen molar-refractivity contribution in [1.82, 2.24) is 10.6 Å².